The minimum atomic E-state index is -0.534. The zero-order valence-corrected chi connectivity index (χ0v) is 19.5. The van der Waals surface area contributed by atoms with E-state index in [9.17, 15) is 9.59 Å². The maximum atomic E-state index is 13.0. The van der Waals surface area contributed by atoms with E-state index >= 15 is 0 Å². The van der Waals surface area contributed by atoms with Crippen molar-refractivity contribution < 1.29 is 14.3 Å². The van der Waals surface area contributed by atoms with Gasteiger partial charge in [0.25, 0.3) is 0 Å². The van der Waals surface area contributed by atoms with Crippen LogP contribution in [0.15, 0.2) is 97.1 Å². The number of anilines is 1. The average Bonchev–Trinajstić information content (AvgIpc) is 3.39. The van der Waals surface area contributed by atoms with E-state index in [0.29, 0.717) is 13.0 Å². The lowest BCUT2D eigenvalue weighted by molar-refractivity contribution is -0.120. The Kier molecular flexibility index (Phi) is 6.75. The maximum Gasteiger partial charge on any atom is 0.410 e. The number of hydrogen-bond donors (Lipinski definition) is 1. The minimum Gasteiger partial charge on any atom is -0.445 e. The van der Waals surface area contributed by atoms with Crippen LogP contribution in [-0.2, 0) is 22.6 Å². The number of fused-ring (bicyclic) bond motifs is 1. The second-order valence-electron chi connectivity index (χ2n) is 8.89. The number of carbonyl (C=O) groups excluding carboxylic acids is 2. The van der Waals surface area contributed by atoms with Crippen molar-refractivity contribution >= 4 is 28.5 Å². The van der Waals surface area contributed by atoms with Crippen molar-refractivity contribution in [1.29, 1.82) is 0 Å². The van der Waals surface area contributed by atoms with Gasteiger partial charge in [0.1, 0.15) is 12.6 Å². The fourth-order valence-corrected chi connectivity index (χ4v) is 4.66. The van der Waals surface area contributed by atoms with E-state index in [1.54, 1.807) is 4.90 Å². The Balaban J connectivity index is 1.22. The summed E-state index contributed by atoms with van der Waals surface area (Å²) >= 11 is 0. The number of ether oxygens (including phenoxy) is 1. The van der Waals surface area contributed by atoms with Crippen LogP contribution in [0.5, 0.6) is 0 Å². The number of hydrogen-bond acceptors (Lipinski definition) is 3. The number of carbonyl (C=O) groups is 2. The van der Waals surface area contributed by atoms with Crippen LogP contribution < -0.4 is 5.32 Å². The van der Waals surface area contributed by atoms with E-state index in [1.807, 2.05) is 78.9 Å². The van der Waals surface area contributed by atoms with E-state index in [-0.39, 0.29) is 12.5 Å². The molecule has 0 aliphatic carbocycles. The smallest absolute Gasteiger partial charge is 0.410 e. The topological polar surface area (TPSA) is 58.6 Å². The summed E-state index contributed by atoms with van der Waals surface area (Å²) in [7, 11) is 0. The maximum absolute atomic E-state index is 13.0. The average molecular weight is 465 g/mol. The van der Waals surface area contributed by atoms with Crippen molar-refractivity contribution in [1.82, 2.24) is 4.90 Å². The van der Waals surface area contributed by atoms with Gasteiger partial charge in [0, 0.05) is 12.2 Å². The molecule has 0 spiro atoms. The first-order valence-electron chi connectivity index (χ1n) is 12.0. The van der Waals surface area contributed by atoms with Gasteiger partial charge in [-0.1, -0.05) is 84.9 Å². The Bertz CT molecular complexity index is 1340. The van der Waals surface area contributed by atoms with Crippen LogP contribution in [0.1, 0.15) is 29.5 Å². The monoisotopic (exact) mass is 464 g/mol. The molecule has 1 saturated heterocycles. The Morgan fingerprint density at radius 2 is 1.54 bits per heavy atom. The van der Waals surface area contributed by atoms with Gasteiger partial charge in [-0.25, -0.2) is 4.79 Å². The highest BCUT2D eigenvalue weighted by Crippen LogP contribution is 2.23. The van der Waals surface area contributed by atoms with Gasteiger partial charge in [-0.3, -0.25) is 9.69 Å². The molecule has 5 rings (SSSR count). The molecule has 4 aromatic carbocycles. The van der Waals surface area contributed by atoms with Gasteiger partial charge < -0.3 is 10.1 Å². The second kappa shape index (κ2) is 10.4. The molecule has 0 aromatic heterocycles. The van der Waals surface area contributed by atoms with E-state index in [2.05, 4.69) is 23.5 Å². The molecule has 0 bridgehead atoms. The third kappa shape index (κ3) is 5.35. The Morgan fingerprint density at radius 1 is 0.829 bits per heavy atom. The van der Waals surface area contributed by atoms with Crippen LogP contribution in [0.25, 0.3) is 10.8 Å². The summed E-state index contributed by atoms with van der Waals surface area (Å²) in [5.41, 5.74) is 4.03. The summed E-state index contributed by atoms with van der Waals surface area (Å²) in [6.45, 7) is 0.692. The fraction of sp³-hybridized carbons (Fsp3) is 0.200. The summed E-state index contributed by atoms with van der Waals surface area (Å²) < 4.78 is 5.69. The van der Waals surface area contributed by atoms with Crippen LogP contribution >= 0.6 is 0 Å². The Hall–Kier alpha value is -4.12. The largest absolute Gasteiger partial charge is 0.445 e. The third-order valence-electron chi connectivity index (χ3n) is 6.51. The number of nitrogens with zero attached hydrogens (tertiary/aromatic N) is 1. The normalized spacial score (nSPS) is 15.2. The summed E-state index contributed by atoms with van der Waals surface area (Å²) in [5.74, 6) is -0.181. The molecular weight excluding hydrogens is 436 g/mol. The van der Waals surface area contributed by atoms with Crippen LogP contribution in [0, 0.1) is 0 Å². The number of rotatable bonds is 6. The highest BCUT2D eigenvalue weighted by molar-refractivity contribution is 5.98. The van der Waals surface area contributed by atoms with Gasteiger partial charge in [-0.15, -0.1) is 0 Å². The van der Waals surface area contributed by atoms with Crippen molar-refractivity contribution in [3.05, 3.63) is 114 Å². The van der Waals surface area contributed by atoms with Crippen molar-refractivity contribution in [2.75, 3.05) is 11.9 Å². The lowest BCUT2D eigenvalue weighted by Crippen LogP contribution is -2.43. The molecule has 4 aromatic rings. The molecule has 1 fully saturated rings. The Morgan fingerprint density at radius 3 is 2.37 bits per heavy atom. The second-order valence-corrected chi connectivity index (χ2v) is 8.89. The predicted molar refractivity (Wildman–Crippen MR) is 138 cm³/mol. The molecule has 0 radical (unpaired) electrons. The van der Waals surface area contributed by atoms with Crippen LogP contribution in [0.4, 0.5) is 10.5 Å². The van der Waals surface area contributed by atoms with Crippen molar-refractivity contribution in [3.63, 3.8) is 0 Å². The summed E-state index contributed by atoms with van der Waals surface area (Å²) in [6, 6.07) is 31.5. The van der Waals surface area contributed by atoms with Gasteiger partial charge in [0.15, 0.2) is 0 Å². The summed E-state index contributed by atoms with van der Waals surface area (Å²) in [5, 5.41) is 5.16. The molecule has 2 amide bonds. The molecule has 5 heteroatoms. The van der Waals surface area contributed by atoms with E-state index in [1.165, 1.54) is 5.56 Å². The number of likely N-dealkylation sites (tertiary alicyclic amines) is 1. The molecule has 1 heterocycles. The van der Waals surface area contributed by atoms with Gasteiger partial charge in [0.05, 0.1) is 0 Å². The molecule has 1 unspecified atom stereocenters. The van der Waals surface area contributed by atoms with Gasteiger partial charge in [0.2, 0.25) is 5.91 Å². The van der Waals surface area contributed by atoms with Crippen LogP contribution in [-0.4, -0.2) is 29.5 Å². The van der Waals surface area contributed by atoms with Crippen molar-refractivity contribution in [2.24, 2.45) is 0 Å². The quantitative estimate of drug-likeness (QED) is 0.371. The first-order valence-corrected chi connectivity index (χ1v) is 12.0. The first-order chi connectivity index (χ1) is 17.2. The lowest BCUT2D eigenvalue weighted by Gasteiger charge is -2.23. The molecule has 176 valence electrons. The van der Waals surface area contributed by atoms with Crippen LogP contribution in [0.3, 0.4) is 0 Å². The summed E-state index contributed by atoms with van der Waals surface area (Å²) in [6.07, 6.45) is 1.72. The Labute approximate surface area is 205 Å². The molecule has 1 atom stereocenters. The van der Waals surface area contributed by atoms with Gasteiger partial charge in [-0.2, -0.15) is 0 Å². The highest BCUT2D eigenvalue weighted by atomic mass is 16.6. The number of benzene rings is 4. The zero-order chi connectivity index (χ0) is 24.0. The molecule has 0 saturated carbocycles. The van der Waals surface area contributed by atoms with Crippen molar-refractivity contribution in [3.8, 4) is 0 Å². The molecule has 35 heavy (non-hydrogen) atoms. The van der Waals surface area contributed by atoms with E-state index < -0.39 is 12.1 Å². The lowest BCUT2D eigenvalue weighted by atomic mass is 10.0. The third-order valence-corrected chi connectivity index (χ3v) is 6.51. The highest BCUT2D eigenvalue weighted by Gasteiger charge is 2.35. The van der Waals surface area contributed by atoms with Gasteiger partial charge >= 0.3 is 6.09 Å². The number of nitrogens with one attached hydrogen (secondary N) is 1. The minimum absolute atomic E-state index is 0.178. The molecule has 5 nitrogen and oxygen atoms in total. The molecule has 1 aliphatic heterocycles. The van der Waals surface area contributed by atoms with E-state index in [0.717, 1.165) is 40.4 Å². The van der Waals surface area contributed by atoms with Gasteiger partial charge in [-0.05, 0) is 58.9 Å². The standard InChI is InChI=1S/C30H28N2O3/c33-29(31-27-17-16-23-11-4-5-13-25(23)20-27)28-15-8-18-32(28)30(34)35-21-26-14-7-6-12-24(26)19-22-9-2-1-3-10-22/h1-7,9-14,16-17,20,28H,8,15,18-19,21H2,(H,31,33). The molecule has 1 aliphatic rings. The molecular formula is C30H28N2O3. The SMILES string of the molecule is O=C(Nc1ccc2ccccc2c1)C1CCCN1C(=O)OCc1ccccc1Cc1ccccc1. The zero-order valence-electron chi connectivity index (χ0n) is 19.5. The van der Waals surface area contributed by atoms with E-state index in [4.69, 9.17) is 4.74 Å². The number of amides is 2. The van der Waals surface area contributed by atoms with Crippen LogP contribution in [0.2, 0.25) is 0 Å². The first kappa shape index (κ1) is 22.7. The fourth-order valence-electron chi connectivity index (χ4n) is 4.66. The predicted octanol–water partition coefficient (Wildman–Crippen LogP) is 6.17. The molecule has 1 N–H and O–H groups in total. The van der Waals surface area contributed by atoms with Crippen molar-refractivity contribution in [2.45, 2.75) is 31.9 Å². The summed E-state index contributed by atoms with van der Waals surface area (Å²) in [4.78, 5) is 27.5.